The molecule has 0 saturated heterocycles. The predicted molar refractivity (Wildman–Crippen MR) is 91.9 cm³/mol. The number of fused-ring (bicyclic) bond motifs is 1. The van der Waals surface area contributed by atoms with E-state index in [9.17, 15) is 0 Å². The summed E-state index contributed by atoms with van der Waals surface area (Å²) in [5.41, 5.74) is 0. The van der Waals surface area contributed by atoms with E-state index in [0.717, 1.165) is 13.0 Å². The maximum atomic E-state index is 3.68. The van der Waals surface area contributed by atoms with E-state index in [1.807, 2.05) is 34.0 Å². The minimum atomic E-state index is 0.318. The third-order valence-electron chi connectivity index (χ3n) is 2.95. The van der Waals surface area contributed by atoms with Crippen LogP contribution in [-0.2, 0) is 0 Å². The van der Waals surface area contributed by atoms with Crippen molar-refractivity contribution < 1.29 is 0 Å². The molecule has 1 unspecified atom stereocenters. The zero-order valence-corrected chi connectivity index (χ0v) is 14.5. The van der Waals surface area contributed by atoms with Crippen molar-refractivity contribution in [3.63, 3.8) is 0 Å². The molecule has 0 amide bonds. The average molecular weight is 372 g/mol. The molecule has 19 heavy (non-hydrogen) atoms. The number of hydrogen-bond donors (Lipinski definition) is 1. The van der Waals surface area contributed by atoms with E-state index < -0.39 is 0 Å². The summed E-state index contributed by atoms with van der Waals surface area (Å²) in [6, 6.07) is 7.01. The fourth-order valence-electron chi connectivity index (χ4n) is 2.05. The van der Waals surface area contributed by atoms with E-state index in [1.54, 1.807) is 0 Å². The van der Waals surface area contributed by atoms with Crippen molar-refractivity contribution in [1.29, 1.82) is 0 Å². The van der Waals surface area contributed by atoms with Gasteiger partial charge in [-0.15, -0.1) is 34.0 Å². The minimum Gasteiger partial charge on any atom is -0.305 e. The molecule has 0 aliphatic rings. The first kappa shape index (κ1) is 13.8. The lowest BCUT2D eigenvalue weighted by molar-refractivity contribution is 0.612. The largest absolute Gasteiger partial charge is 0.305 e. The molecule has 3 aromatic rings. The first-order valence-electron chi connectivity index (χ1n) is 6.22. The van der Waals surface area contributed by atoms with E-state index in [1.165, 1.54) is 23.6 Å². The maximum Gasteiger partial charge on any atom is 0.0777 e. The molecule has 1 atom stereocenters. The van der Waals surface area contributed by atoms with Gasteiger partial charge in [-0.2, -0.15) is 0 Å². The average Bonchev–Trinajstić information content (AvgIpc) is 3.06. The summed E-state index contributed by atoms with van der Waals surface area (Å²) in [5.74, 6) is 0. The Balaban J connectivity index is 1.98. The van der Waals surface area contributed by atoms with Crippen LogP contribution in [-0.4, -0.2) is 6.54 Å². The predicted octanol–water partition coefficient (Wildman–Crippen LogP) is 5.88. The molecule has 0 radical (unpaired) electrons. The van der Waals surface area contributed by atoms with Crippen LogP contribution in [0.1, 0.15) is 29.1 Å². The summed E-state index contributed by atoms with van der Waals surface area (Å²) in [4.78, 5) is 2.79. The number of nitrogens with one attached hydrogen (secondary N) is 1. The minimum absolute atomic E-state index is 0.318. The SMILES string of the molecule is CCCNC(c1cc2sccc2s1)c1sccc1Br. The highest BCUT2D eigenvalue weighted by Gasteiger charge is 2.20. The number of thiophene rings is 3. The van der Waals surface area contributed by atoms with Gasteiger partial charge in [0.2, 0.25) is 0 Å². The highest BCUT2D eigenvalue weighted by Crippen LogP contribution is 2.39. The van der Waals surface area contributed by atoms with E-state index >= 15 is 0 Å². The molecule has 0 saturated carbocycles. The second-order valence-corrected chi connectivity index (χ2v) is 8.18. The van der Waals surface area contributed by atoms with Crippen LogP contribution in [0.2, 0.25) is 0 Å². The lowest BCUT2D eigenvalue weighted by atomic mass is 10.2. The number of halogens is 1. The zero-order valence-electron chi connectivity index (χ0n) is 10.5. The van der Waals surface area contributed by atoms with Gasteiger partial charge < -0.3 is 5.32 Å². The Labute approximate surface area is 133 Å². The molecule has 1 nitrogen and oxygen atoms in total. The van der Waals surface area contributed by atoms with Crippen LogP contribution in [0.15, 0.2) is 33.4 Å². The van der Waals surface area contributed by atoms with E-state index in [2.05, 4.69) is 57.1 Å². The standard InChI is InChI=1S/C14H14BrNS3/c1-2-5-16-13(14-9(15)3-6-18-14)12-8-11-10(19-12)4-7-17-11/h3-4,6-8,13,16H,2,5H2,1H3. The lowest BCUT2D eigenvalue weighted by Crippen LogP contribution is -2.21. The van der Waals surface area contributed by atoms with Gasteiger partial charge in [0.15, 0.2) is 0 Å². The Morgan fingerprint density at radius 3 is 2.74 bits per heavy atom. The normalized spacial score (nSPS) is 13.2. The molecule has 0 aliphatic carbocycles. The highest BCUT2D eigenvalue weighted by molar-refractivity contribution is 9.10. The van der Waals surface area contributed by atoms with Crippen LogP contribution in [0.3, 0.4) is 0 Å². The quantitative estimate of drug-likeness (QED) is 0.590. The Hall–Kier alpha value is -0.200. The Morgan fingerprint density at radius 2 is 2.05 bits per heavy atom. The van der Waals surface area contributed by atoms with Crippen LogP contribution >= 0.6 is 49.9 Å². The van der Waals surface area contributed by atoms with Crippen molar-refractivity contribution in [3.05, 3.63) is 43.2 Å². The molecule has 100 valence electrons. The second kappa shape index (κ2) is 6.06. The van der Waals surface area contributed by atoms with Crippen LogP contribution in [0.5, 0.6) is 0 Å². The summed E-state index contributed by atoms with van der Waals surface area (Å²) >= 11 is 9.21. The van der Waals surface area contributed by atoms with Crippen molar-refractivity contribution in [2.75, 3.05) is 6.54 Å². The molecule has 0 bridgehead atoms. The first-order valence-corrected chi connectivity index (χ1v) is 9.59. The molecule has 3 heterocycles. The molecule has 1 N–H and O–H groups in total. The fraction of sp³-hybridized carbons (Fsp3) is 0.286. The van der Waals surface area contributed by atoms with E-state index in [4.69, 9.17) is 0 Å². The molecule has 0 aromatic carbocycles. The van der Waals surface area contributed by atoms with E-state index in [0.29, 0.717) is 6.04 Å². The monoisotopic (exact) mass is 371 g/mol. The third-order valence-corrected chi connectivity index (χ3v) is 7.04. The summed E-state index contributed by atoms with van der Waals surface area (Å²) in [6.07, 6.45) is 1.15. The van der Waals surface area contributed by atoms with E-state index in [-0.39, 0.29) is 0 Å². The van der Waals surface area contributed by atoms with Crippen LogP contribution in [0.4, 0.5) is 0 Å². The van der Waals surface area contributed by atoms with Crippen LogP contribution in [0, 0.1) is 0 Å². The van der Waals surface area contributed by atoms with Gasteiger partial charge in [0, 0.05) is 23.6 Å². The molecule has 0 fully saturated rings. The zero-order chi connectivity index (χ0) is 13.2. The van der Waals surface area contributed by atoms with Crippen LogP contribution in [0.25, 0.3) is 9.40 Å². The fourth-order valence-corrected chi connectivity index (χ4v) is 6.02. The summed E-state index contributed by atoms with van der Waals surface area (Å²) in [6.45, 7) is 3.25. The summed E-state index contributed by atoms with van der Waals surface area (Å²) in [5, 5.41) is 7.99. The van der Waals surface area contributed by atoms with Gasteiger partial charge in [-0.3, -0.25) is 0 Å². The Morgan fingerprint density at radius 1 is 1.21 bits per heavy atom. The van der Waals surface area contributed by atoms with Gasteiger partial charge in [0.1, 0.15) is 0 Å². The molecule has 5 heteroatoms. The van der Waals surface area contributed by atoms with Gasteiger partial charge in [-0.05, 0) is 57.9 Å². The van der Waals surface area contributed by atoms with Gasteiger partial charge in [0.05, 0.1) is 6.04 Å². The molecule has 0 spiro atoms. The topological polar surface area (TPSA) is 12.0 Å². The Bertz CT molecular complexity index is 638. The molecule has 3 aromatic heterocycles. The molecule has 3 rings (SSSR count). The molecular weight excluding hydrogens is 358 g/mol. The van der Waals surface area contributed by atoms with Crippen LogP contribution < -0.4 is 5.32 Å². The van der Waals surface area contributed by atoms with Crippen molar-refractivity contribution in [3.8, 4) is 0 Å². The van der Waals surface area contributed by atoms with Gasteiger partial charge in [-0.1, -0.05) is 6.92 Å². The van der Waals surface area contributed by atoms with Gasteiger partial charge in [-0.25, -0.2) is 0 Å². The Kier molecular flexibility index (Phi) is 4.39. The smallest absolute Gasteiger partial charge is 0.0777 e. The molecular formula is C14H14BrNS3. The maximum absolute atomic E-state index is 3.68. The third kappa shape index (κ3) is 2.81. The second-order valence-electron chi connectivity index (χ2n) is 4.32. The first-order chi connectivity index (χ1) is 9.29. The van der Waals surface area contributed by atoms with Crippen molar-refractivity contribution in [1.82, 2.24) is 5.32 Å². The highest BCUT2D eigenvalue weighted by atomic mass is 79.9. The summed E-state index contributed by atoms with van der Waals surface area (Å²) in [7, 11) is 0. The van der Waals surface area contributed by atoms with Crippen molar-refractivity contribution in [2.45, 2.75) is 19.4 Å². The van der Waals surface area contributed by atoms with Crippen molar-refractivity contribution in [2.24, 2.45) is 0 Å². The lowest BCUT2D eigenvalue weighted by Gasteiger charge is -2.16. The van der Waals surface area contributed by atoms with Crippen molar-refractivity contribution >= 4 is 59.3 Å². The molecule has 0 aliphatic heterocycles. The number of rotatable bonds is 5. The van der Waals surface area contributed by atoms with Gasteiger partial charge in [0.25, 0.3) is 0 Å². The van der Waals surface area contributed by atoms with Gasteiger partial charge >= 0.3 is 0 Å². The summed E-state index contributed by atoms with van der Waals surface area (Å²) < 4.78 is 4.01. The number of hydrogen-bond acceptors (Lipinski definition) is 4.